The molecule has 0 fully saturated rings. The van der Waals surface area contributed by atoms with Crippen molar-refractivity contribution in [2.45, 2.75) is 0 Å². The second-order valence-corrected chi connectivity index (χ2v) is 9.13. The fourth-order valence-corrected chi connectivity index (χ4v) is 4.44. The van der Waals surface area contributed by atoms with Crippen molar-refractivity contribution >= 4 is 33.5 Å². The van der Waals surface area contributed by atoms with Crippen molar-refractivity contribution in [3.63, 3.8) is 0 Å². The minimum Gasteiger partial charge on any atom is -0.491 e. The molecule has 4 rings (SSSR count). The third-order valence-corrected chi connectivity index (χ3v) is 6.20. The van der Waals surface area contributed by atoms with Gasteiger partial charge in [0.1, 0.15) is 37.9 Å². The highest BCUT2D eigenvalue weighted by Gasteiger charge is 2.19. The number of rotatable bonds is 19. The highest BCUT2D eigenvalue weighted by molar-refractivity contribution is 6.09. The molecule has 0 saturated carbocycles. The third-order valence-electron chi connectivity index (χ3n) is 6.20. The van der Waals surface area contributed by atoms with Crippen LogP contribution in [0.1, 0.15) is 0 Å². The van der Waals surface area contributed by atoms with Crippen LogP contribution < -0.4 is 9.47 Å². The molecule has 0 bridgehead atoms. The van der Waals surface area contributed by atoms with Gasteiger partial charge in [-0.3, -0.25) is 0 Å². The molecule has 0 radical (unpaired) electrons. The van der Waals surface area contributed by atoms with Crippen LogP contribution in [0.15, 0.2) is 72.8 Å². The van der Waals surface area contributed by atoms with Crippen molar-refractivity contribution in [3.8, 4) is 22.6 Å². The van der Waals surface area contributed by atoms with Crippen molar-refractivity contribution in [1.29, 1.82) is 0 Å². The van der Waals surface area contributed by atoms with Crippen LogP contribution >= 0.6 is 0 Å². The Kier molecular flexibility index (Phi) is 11.9. The Bertz CT molecular complexity index is 1360. The molecule has 0 aromatic heterocycles. The van der Waals surface area contributed by atoms with Gasteiger partial charge in [0, 0.05) is 11.1 Å². The van der Waals surface area contributed by atoms with E-state index in [1.165, 1.54) is 0 Å². The first kappa shape index (κ1) is 30.7. The van der Waals surface area contributed by atoms with Gasteiger partial charge < -0.3 is 38.6 Å². The molecule has 42 heavy (non-hydrogen) atoms. The summed E-state index contributed by atoms with van der Waals surface area (Å²) >= 11 is 0. The number of benzene rings is 4. The summed E-state index contributed by atoms with van der Waals surface area (Å²) in [6, 6.07) is 24.1. The zero-order valence-electron chi connectivity index (χ0n) is 23.2. The molecule has 0 aliphatic carbocycles. The van der Waals surface area contributed by atoms with E-state index in [4.69, 9.17) is 38.6 Å². The van der Waals surface area contributed by atoms with Gasteiger partial charge in [-0.15, -0.1) is 0 Å². The summed E-state index contributed by atoms with van der Waals surface area (Å²) in [7, 11) is 0. The van der Waals surface area contributed by atoms with E-state index in [-0.39, 0.29) is 52.9 Å². The van der Waals surface area contributed by atoms with Crippen LogP contribution in [0.5, 0.6) is 11.5 Å². The number of hydrogen-bond donors (Lipinski definition) is 2. The highest BCUT2D eigenvalue weighted by atomic mass is 16.6. The Morgan fingerprint density at radius 3 is 1.29 bits per heavy atom. The van der Waals surface area contributed by atoms with Crippen LogP contribution in [-0.4, -0.2) is 88.2 Å². The summed E-state index contributed by atoms with van der Waals surface area (Å²) < 4.78 is 33.6. The molecule has 0 atom stereocenters. The van der Waals surface area contributed by atoms with Crippen LogP contribution in [0.4, 0.5) is 0 Å². The van der Waals surface area contributed by atoms with E-state index in [0.29, 0.717) is 24.7 Å². The average molecular weight is 579 g/mol. The number of hydrogen-bond acceptors (Lipinski definition) is 8. The van der Waals surface area contributed by atoms with Gasteiger partial charge in [-0.1, -0.05) is 60.7 Å². The van der Waals surface area contributed by atoms with Crippen LogP contribution in [0.25, 0.3) is 32.7 Å². The monoisotopic (exact) mass is 578 g/mol. The van der Waals surface area contributed by atoms with Gasteiger partial charge in [0.25, 0.3) is 0 Å². The zero-order valence-corrected chi connectivity index (χ0v) is 23.2. The maximum absolute atomic E-state index is 10.6. The number of carboxylic acids is 2. The minimum atomic E-state index is -1.02. The van der Waals surface area contributed by atoms with E-state index < -0.39 is 11.9 Å². The molecule has 0 heterocycles. The van der Waals surface area contributed by atoms with E-state index in [1.54, 1.807) is 0 Å². The lowest BCUT2D eigenvalue weighted by Gasteiger charge is -2.20. The lowest BCUT2D eigenvalue weighted by Crippen LogP contribution is -2.14. The quantitative estimate of drug-likeness (QED) is 0.152. The van der Waals surface area contributed by atoms with Crippen LogP contribution in [0.3, 0.4) is 0 Å². The Morgan fingerprint density at radius 1 is 0.476 bits per heavy atom. The van der Waals surface area contributed by atoms with Crippen molar-refractivity contribution in [3.05, 3.63) is 72.8 Å². The van der Waals surface area contributed by atoms with Gasteiger partial charge in [0.05, 0.1) is 39.6 Å². The molecule has 0 amide bonds. The molecule has 0 saturated heterocycles. The summed E-state index contributed by atoms with van der Waals surface area (Å²) in [6.45, 7) is 1.33. The van der Waals surface area contributed by atoms with Gasteiger partial charge >= 0.3 is 11.9 Å². The molecular formula is C32H34O10. The molecule has 0 aliphatic rings. The highest BCUT2D eigenvalue weighted by Crippen LogP contribution is 2.45. The molecule has 222 valence electrons. The SMILES string of the molecule is O=C(O)COCCOCCOc1ccc2ccccc2c1-c1c(OCCOCCOCC(=O)O)ccc2ccccc12. The van der Waals surface area contributed by atoms with Gasteiger partial charge in [-0.2, -0.15) is 0 Å². The maximum atomic E-state index is 10.6. The molecule has 0 spiro atoms. The second kappa shape index (κ2) is 16.3. The average Bonchev–Trinajstić information content (AvgIpc) is 2.99. The largest absolute Gasteiger partial charge is 0.491 e. The van der Waals surface area contributed by atoms with Crippen molar-refractivity contribution < 1.29 is 48.2 Å². The van der Waals surface area contributed by atoms with Gasteiger partial charge in [0.2, 0.25) is 0 Å². The first-order valence-electron chi connectivity index (χ1n) is 13.6. The lowest BCUT2D eigenvalue weighted by molar-refractivity contribution is -0.143. The number of carboxylic acid groups (broad SMARTS) is 2. The van der Waals surface area contributed by atoms with Gasteiger partial charge in [-0.05, 0) is 33.7 Å². The summed E-state index contributed by atoms with van der Waals surface area (Å²) in [6.07, 6.45) is 0. The zero-order chi connectivity index (χ0) is 29.6. The van der Waals surface area contributed by atoms with Crippen LogP contribution in [-0.2, 0) is 28.5 Å². The summed E-state index contributed by atoms with van der Waals surface area (Å²) in [4.78, 5) is 21.1. The summed E-state index contributed by atoms with van der Waals surface area (Å²) in [5.74, 6) is -0.692. The third kappa shape index (κ3) is 8.89. The molecule has 4 aromatic rings. The predicted octanol–water partition coefficient (Wildman–Crippen LogP) is 4.65. The van der Waals surface area contributed by atoms with Crippen LogP contribution in [0, 0.1) is 0 Å². The Balaban J connectivity index is 1.53. The topological polar surface area (TPSA) is 130 Å². The fraction of sp³-hybridized carbons (Fsp3) is 0.312. The van der Waals surface area contributed by atoms with Crippen molar-refractivity contribution in [1.82, 2.24) is 0 Å². The van der Waals surface area contributed by atoms with Gasteiger partial charge in [0.15, 0.2) is 0 Å². The molecular weight excluding hydrogens is 544 g/mol. The fourth-order valence-electron chi connectivity index (χ4n) is 4.44. The molecule has 10 heteroatoms. The van der Waals surface area contributed by atoms with Crippen molar-refractivity contribution in [2.75, 3.05) is 66.1 Å². The lowest BCUT2D eigenvalue weighted by atomic mass is 9.92. The normalized spacial score (nSPS) is 11.1. The van der Waals surface area contributed by atoms with E-state index >= 15 is 0 Å². The molecule has 10 nitrogen and oxygen atoms in total. The Labute approximate surface area is 243 Å². The number of fused-ring (bicyclic) bond motifs is 2. The standard InChI is InChI=1S/C32H34O10/c33-29(34)21-39-15-13-37-17-19-41-27-11-9-23-5-1-3-7-25(23)31(27)32-26-8-4-2-6-24(26)10-12-28(32)42-20-18-38-14-16-40-22-30(35)36/h1-12H,13-22H2,(H,33,34)(H,35,36). The Hall–Kier alpha value is -4.22. The first-order valence-corrected chi connectivity index (χ1v) is 13.6. The predicted molar refractivity (Wildman–Crippen MR) is 156 cm³/mol. The van der Waals surface area contributed by atoms with E-state index in [0.717, 1.165) is 32.7 Å². The Morgan fingerprint density at radius 2 is 0.857 bits per heavy atom. The summed E-state index contributed by atoms with van der Waals surface area (Å²) in [5.41, 5.74) is 1.79. The molecule has 2 N–H and O–H groups in total. The van der Waals surface area contributed by atoms with E-state index in [1.807, 2.05) is 48.5 Å². The second-order valence-electron chi connectivity index (χ2n) is 9.13. The maximum Gasteiger partial charge on any atom is 0.329 e. The molecule has 0 aliphatic heterocycles. The van der Waals surface area contributed by atoms with Crippen LogP contribution in [0.2, 0.25) is 0 Å². The van der Waals surface area contributed by atoms with Gasteiger partial charge in [-0.25, -0.2) is 9.59 Å². The number of ether oxygens (including phenoxy) is 6. The smallest absolute Gasteiger partial charge is 0.329 e. The van der Waals surface area contributed by atoms with Crippen molar-refractivity contribution in [2.24, 2.45) is 0 Å². The first-order chi connectivity index (χ1) is 20.5. The number of aliphatic carboxylic acids is 2. The number of carbonyl (C=O) groups is 2. The summed E-state index contributed by atoms with van der Waals surface area (Å²) in [5, 5.41) is 21.4. The van der Waals surface area contributed by atoms with E-state index in [2.05, 4.69) is 24.3 Å². The van der Waals surface area contributed by atoms with E-state index in [9.17, 15) is 9.59 Å². The molecule has 4 aromatic carbocycles. The molecule has 0 unspecified atom stereocenters. The minimum absolute atomic E-state index is 0.184.